The van der Waals surface area contributed by atoms with Crippen LogP contribution in [0.4, 0.5) is 5.69 Å². The number of carbonyl (C=O) groups excluding carboxylic acids is 3. The van der Waals surface area contributed by atoms with Crippen LogP contribution in [0, 0.1) is 34.0 Å². The lowest BCUT2D eigenvalue weighted by atomic mass is 9.44. The quantitative estimate of drug-likeness (QED) is 0.209. The molecule has 230 valence electrons. The highest BCUT2D eigenvalue weighted by molar-refractivity contribution is 8.00. The third kappa shape index (κ3) is 5.48. The van der Waals surface area contributed by atoms with Crippen LogP contribution in [0.15, 0.2) is 41.8 Å². The molecule has 5 rings (SSSR count). The normalized spacial score (nSPS) is 39.9. The lowest BCUT2D eigenvalue weighted by molar-refractivity contribution is -0.205. The first-order valence-corrected chi connectivity index (χ1v) is 16.7. The summed E-state index contributed by atoms with van der Waals surface area (Å²) in [6.45, 7) is 13.4. The van der Waals surface area contributed by atoms with Crippen molar-refractivity contribution in [2.75, 3.05) is 17.6 Å². The van der Waals surface area contributed by atoms with Crippen LogP contribution in [0.3, 0.4) is 0 Å². The second kappa shape index (κ2) is 12.1. The highest BCUT2D eigenvalue weighted by atomic mass is 32.2. The molecule has 2 bridgehead atoms. The van der Waals surface area contributed by atoms with Crippen LogP contribution in [-0.4, -0.2) is 53.3 Å². The summed E-state index contributed by atoms with van der Waals surface area (Å²) >= 11 is 1.37. The molecule has 4 fully saturated rings. The Morgan fingerprint density at radius 1 is 1.21 bits per heavy atom. The number of hydrogen-bond donors (Lipinski definition) is 3. The monoisotopic (exact) mass is 596 g/mol. The predicted octanol–water partition coefficient (Wildman–Crippen LogP) is 5.77. The van der Waals surface area contributed by atoms with Crippen molar-refractivity contribution in [2.24, 2.45) is 34.0 Å². The van der Waals surface area contributed by atoms with Crippen molar-refractivity contribution >= 4 is 35.1 Å². The molecule has 0 aromatic heterocycles. The SMILES string of the molecule is C=C[C@]1(C)C[C@@H](OC(=O)CSc2cccc(NC(=O)C3CCCCN3)c2)[C@@]2(C)[C@@H]3C(=O)CC[C@@]3(CC[C@@H]2C)[C@@H](C)[C@@H]1O. The first-order chi connectivity index (χ1) is 19.9. The molecule has 3 saturated carbocycles. The summed E-state index contributed by atoms with van der Waals surface area (Å²) in [7, 11) is 0. The summed E-state index contributed by atoms with van der Waals surface area (Å²) in [6.07, 6.45) is 7.17. The van der Waals surface area contributed by atoms with Gasteiger partial charge in [-0.2, -0.15) is 0 Å². The van der Waals surface area contributed by atoms with E-state index in [1.54, 1.807) is 0 Å². The number of carbonyl (C=O) groups is 3. The molecule has 0 radical (unpaired) electrons. The second-order valence-corrected chi connectivity index (χ2v) is 14.9. The zero-order valence-corrected chi connectivity index (χ0v) is 26.4. The minimum Gasteiger partial charge on any atom is -0.461 e. The highest BCUT2D eigenvalue weighted by Crippen LogP contribution is 2.68. The number of amides is 1. The van der Waals surface area contributed by atoms with Gasteiger partial charge in [0.15, 0.2) is 0 Å². The van der Waals surface area contributed by atoms with E-state index in [2.05, 4.69) is 38.0 Å². The van der Waals surface area contributed by atoms with E-state index in [-0.39, 0.29) is 52.6 Å². The number of aliphatic hydroxyl groups excluding tert-OH is 1. The largest absolute Gasteiger partial charge is 0.461 e. The number of nitrogens with one attached hydrogen (secondary N) is 2. The van der Waals surface area contributed by atoms with E-state index in [9.17, 15) is 19.5 Å². The number of ether oxygens (including phenoxy) is 1. The van der Waals surface area contributed by atoms with Crippen LogP contribution < -0.4 is 10.6 Å². The van der Waals surface area contributed by atoms with Gasteiger partial charge in [-0.25, -0.2) is 0 Å². The summed E-state index contributed by atoms with van der Waals surface area (Å²) in [4.78, 5) is 40.6. The van der Waals surface area contributed by atoms with Crippen LogP contribution in [0.2, 0.25) is 0 Å². The molecule has 8 heteroatoms. The topological polar surface area (TPSA) is 105 Å². The molecule has 7 nitrogen and oxygen atoms in total. The van der Waals surface area contributed by atoms with E-state index in [0.29, 0.717) is 18.5 Å². The Morgan fingerprint density at radius 3 is 2.71 bits per heavy atom. The molecule has 0 spiro atoms. The van der Waals surface area contributed by atoms with Crippen molar-refractivity contribution in [1.29, 1.82) is 0 Å². The number of thioether (sulfide) groups is 1. The van der Waals surface area contributed by atoms with Crippen molar-refractivity contribution < 1.29 is 24.2 Å². The molecule has 9 atom stereocenters. The van der Waals surface area contributed by atoms with Gasteiger partial charge in [0.05, 0.1) is 17.9 Å². The Balaban J connectivity index is 1.33. The fourth-order valence-electron chi connectivity index (χ4n) is 8.80. The van der Waals surface area contributed by atoms with E-state index >= 15 is 0 Å². The maximum Gasteiger partial charge on any atom is 0.316 e. The number of hydrogen-bond acceptors (Lipinski definition) is 7. The molecule has 1 heterocycles. The number of piperidine rings is 1. The van der Waals surface area contributed by atoms with Crippen LogP contribution >= 0.6 is 11.8 Å². The number of anilines is 1. The van der Waals surface area contributed by atoms with Crippen LogP contribution in [0.25, 0.3) is 0 Å². The number of esters is 1. The van der Waals surface area contributed by atoms with Gasteiger partial charge < -0.3 is 20.5 Å². The molecule has 42 heavy (non-hydrogen) atoms. The van der Waals surface area contributed by atoms with Crippen molar-refractivity contribution in [3.63, 3.8) is 0 Å². The maximum atomic E-state index is 13.6. The Bertz CT molecular complexity index is 1220. The average Bonchev–Trinajstić information content (AvgIpc) is 3.35. The zero-order valence-electron chi connectivity index (χ0n) is 25.6. The zero-order chi connectivity index (χ0) is 30.3. The van der Waals surface area contributed by atoms with Crippen molar-refractivity contribution in [1.82, 2.24) is 5.32 Å². The molecule has 1 aromatic rings. The number of ketones is 1. The summed E-state index contributed by atoms with van der Waals surface area (Å²) in [5, 5.41) is 18.0. The summed E-state index contributed by atoms with van der Waals surface area (Å²) in [6, 6.07) is 7.36. The average molecular weight is 597 g/mol. The van der Waals surface area contributed by atoms with Crippen molar-refractivity contribution in [2.45, 2.75) is 102 Å². The fraction of sp³-hybridized carbons (Fsp3) is 0.676. The fourth-order valence-corrected chi connectivity index (χ4v) is 9.54. The number of aliphatic hydroxyl groups is 1. The number of benzene rings is 1. The minimum absolute atomic E-state index is 0.0327. The van der Waals surface area contributed by atoms with Crippen molar-refractivity contribution in [3.8, 4) is 0 Å². The van der Waals surface area contributed by atoms with E-state index < -0.39 is 23.0 Å². The summed E-state index contributed by atoms with van der Waals surface area (Å²) in [5.74, 6) is -0.114. The maximum absolute atomic E-state index is 13.6. The van der Waals surface area contributed by atoms with Crippen molar-refractivity contribution in [3.05, 3.63) is 36.9 Å². The molecule has 1 aromatic carbocycles. The van der Waals surface area contributed by atoms with Gasteiger partial charge in [-0.1, -0.05) is 46.3 Å². The lowest BCUT2D eigenvalue weighted by Gasteiger charge is -2.61. The smallest absolute Gasteiger partial charge is 0.316 e. The number of Topliss-reactive ketones (excluding diaryl/α,β-unsaturated/α-hetero) is 1. The summed E-state index contributed by atoms with van der Waals surface area (Å²) < 4.78 is 6.37. The third-order valence-electron chi connectivity index (χ3n) is 11.7. The van der Waals surface area contributed by atoms with Gasteiger partial charge in [-0.3, -0.25) is 14.4 Å². The predicted molar refractivity (Wildman–Crippen MR) is 166 cm³/mol. The Morgan fingerprint density at radius 2 is 2.00 bits per heavy atom. The minimum atomic E-state index is -0.682. The second-order valence-electron chi connectivity index (χ2n) is 13.9. The van der Waals surface area contributed by atoms with Crippen LogP contribution in [-0.2, 0) is 19.1 Å². The molecule has 3 N–H and O–H groups in total. The molecule has 1 saturated heterocycles. The lowest BCUT2D eigenvalue weighted by Crippen LogP contribution is -2.63. The van der Waals surface area contributed by atoms with Gasteiger partial charge >= 0.3 is 5.97 Å². The first kappa shape index (κ1) is 31.3. The molecule has 1 unspecified atom stereocenters. The van der Waals surface area contributed by atoms with Crippen LogP contribution in [0.1, 0.15) is 79.1 Å². The molecule has 4 aliphatic rings. The highest BCUT2D eigenvalue weighted by Gasteiger charge is 2.68. The van der Waals surface area contributed by atoms with Gasteiger partial charge in [0, 0.05) is 33.8 Å². The van der Waals surface area contributed by atoms with E-state index in [4.69, 9.17) is 4.74 Å². The Kier molecular flexibility index (Phi) is 9.00. The van der Waals surface area contributed by atoms with Gasteiger partial charge in [0.1, 0.15) is 11.9 Å². The van der Waals surface area contributed by atoms with E-state index in [1.165, 1.54) is 11.8 Å². The van der Waals surface area contributed by atoms with E-state index in [0.717, 1.165) is 50.0 Å². The summed E-state index contributed by atoms with van der Waals surface area (Å²) in [5.41, 5.74) is -0.767. The molecule has 1 aliphatic heterocycles. The van der Waals surface area contributed by atoms with Crippen LogP contribution in [0.5, 0.6) is 0 Å². The van der Waals surface area contributed by atoms with E-state index in [1.807, 2.05) is 37.3 Å². The molecule has 3 aliphatic carbocycles. The molecule has 1 amide bonds. The Hall–Kier alpha value is -2.16. The third-order valence-corrected chi connectivity index (χ3v) is 12.6. The first-order valence-electron chi connectivity index (χ1n) is 15.8. The van der Waals surface area contributed by atoms with Gasteiger partial charge in [-0.15, -0.1) is 18.3 Å². The standard InChI is InChI=1S/C34H48N2O5S/c1-6-32(4)19-27(33(5)21(2)13-15-34(22(3)30(32)39)16-14-26(37)29(33)34)41-28(38)20-42-24-11-9-10-23(18-24)36-31(40)25-12-7-8-17-35-25/h6,9-11,18,21-22,25,27,29-30,35,39H,1,7-8,12-17,19-20H2,2-5H3,(H,36,40)/t21-,22-,25?,27+,29-,30-,32+,33-,34-/m0/s1. The molecular formula is C34H48N2O5S. The molecular weight excluding hydrogens is 548 g/mol. The van der Waals surface area contributed by atoms with Gasteiger partial charge in [0.25, 0.3) is 0 Å². The van der Waals surface area contributed by atoms with Gasteiger partial charge in [0.2, 0.25) is 5.91 Å². The number of rotatable bonds is 7. The van der Waals surface area contributed by atoms with Gasteiger partial charge in [-0.05, 0) is 80.5 Å². The Labute approximate surface area is 255 Å².